The van der Waals surface area contributed by atoms with E-state index in [2.05, 4.69) is 35.3 Å². The molecule has 1 heterocycles. The highest BCUT2D eigenvalue weighted by molar-refractivity contribution is 5.63. The van der Waals surface area contributed by atoms with E-state index in [-0.39, 0.29) is 0 Å². The maximum atomic E-state index is 6.13. The zero-order valence-electron chi connectivity index (χ0n) is 11.8. The van der Waals surface area contributed by atoms with Crippen LogP contribution in [0, 0.1) is 6.92 Å². The quantitative estimate of drug-likeness (QED) is 0.925. The Kier molecular flexibility index (Phi) is 3.88. The van der Waals surface area contributed by atoms with Gasteiger partial charge in [0, 0.05) is 26.2 Å². The lowest BCUT2D eigenvalue weighted by molar-refractivity contribution is 0.474. The Morgan fingerprint density at radius 3 is 2.45 bits per heavy atom. The smallest absolute Gasteiger partial charge is 0.153 e. The van der Waals surface area contributed by atoms with Gasteiger partial charge in [-0.05, 0) is 30.7 Å². The fraction of sp³-hybridized carbons (Fsp3) is 0.294. The summed E-state index contributed by atoms with van der Waals surface area (Å²) in [5, 5.41) is 3.39. The SMILES string of the molecule is Cc1cccc(N2CCNCC2)c1Oc1ccccc1. The Bertz CT molecular complexity index is 562. The number of para-hydroxylation sites is 2. The molecule has 0 amide bonds. The molecule has 0 unspecified atom stereocenters. The topological polar surface area (TPSA) is 24.5 Å². The number of hydrogen-bond donors (Lipinski definition) is 1. The van der Waals surface area contributed by atoms with Crippen LogP contribution < -0.4 is 15.0 Å². The van der Waals surface area contributed by atoms with Gasteiger partial charge in [0.2, 0.25) is 0 Å². The van der Waals surface area contributed by atoms with E-state index in [1.54, 1.807) is 0 Å². The predicted octanol–water partition coefficient (Wildman–Crippen LogP) is 3.20. The molecule has 1 saturated heterocycles. The molecule has 1 aliphatic rings. The molecule has 0 aliphatic carbocycles. The molecule has 2 aromatic rings. The van der Waals surface area contributed by atoms with Crippen molar-refractivity contribution < 1.29 is 4.74 Å². The number of nitrogens with zero attached hydrogens (tertiary/aromatic N) is 1. The molecule has 0 aromatic heterocycles. The van der Waals surface area contributed by atoms with Gasteiger partial charge in [-0.2, -0.15) is 0 Å². The third-order valence-corrected chi connectivity index (χ3v) is 3.61. The molecule has 20 heavy (non-hydrogen) atoms. The highest BCUT2D eigenvalue weighted by Gasteiger charge is 2.16. The molecule has 3 rings (SSSR count). The average Bonchev–Trinajstić information content (AvgIpc) is 2.51. The van der Waals surface area contributed by atoms with E-state index in [4.69, 9.17) is 4.74 Å². The Morgan fingerprint density at radius 2 is 1.70 bits per heavy atom. The number of benzene rings is 2. The van der Waals surface area contributed by atoms with E-state index < -0.39 is 0 Å². The van der Waals surface area contributed by atoms with Crippen LogP contribution in [-0.2, 0) is 0 Å². The van der Waals surface area contributed by atoms with Crippen molar-refractivity contribution in [1.82, 2.24) is 5.32 Å². The second-order valence-electron chi connectivity index (χ2n) is 5.08. The molecule has 1 aliphatic heterocycles. The van der Waals surface area contributed by atoms with E-state index in [1.165, 1.54) is 11.3 Å². The lowest BCUT2D eigenvalue weighted by Crippen LogP contribution is -2.43. The second-order valence-corrected chi connectivity index (χ2v) is 5.08. The molecular weight excluding hydrogens is 248 g/mol. The second kappa shape index (κ2) is 5.97. The molecule has 0 atom stereocenters. The van der Waals surface area contributed by atoms with Gasteiger partial charge in [-0.3, -0.25) is 0 Å². The molecule has 0 saturated carbocycles. The molecule has 0 radical (unpaired) electrons. The Balaban J connectivity index is 1.92. The summed E-state index contributed by atoms with van der Waals surface area (Å²) in [4.78, 5) is 2.39. The zero-order valence-corrected chi connectivity index (χ0v) is 11.8. The van der Waals surface area contributed by atoms with Gasteiger partial charge >= 0.3 is 0 Å². The summed E-state index contributed by atoms with van der Waals surface area (Å²) < 4.78 is 6.13. The number of nitrogens with one attached hydrogen (secondary N) is 1. The maximum Gasteiger partial charge on any atom is 0.153 e. The van der Waals surface area contributed by atoms with E-state index >= 15 is 0 Å². The molecule has 3 heteroatoms. The number of hydrogen-bond acceptors (Lipinski definition) is 3. The number of aryl methyl sites for hydroxylation is 1. The van der Waals surface area contributed by atoms with Crippen LogP contribution in [0.2, 0.25) is 0 Å². The molecule has 1 N–H and O–H groups in total. The first kappa shape index (κ1) is 13.0. The third-order valence-electron chi connectivity index (χ3n) is 3.61. The van der Waals surface area contributed by atoms with Gasteiger partial charge < -0.3 is 15.0 Å². The first-order valence-electron chi connectivity index (χ1n) is 7.13. The third kappa shape index (κ3) is 2.78. The van der Waals surface area contributed by atoms with Crippen LogP contribution in [0.1, 0.15) is 5.56 Å². The fourth-order valence-corrected chi connectivity index (χ4v) is 2.53. The fourth-order valence-electron chi connectivity index (χ4n) is 2.53. The minimum Gasteiger partial charge on any atom is -0.455 e. The van der Waals surface area contributed by atoms with Crippen LogP contribution in [0.3, 0.4) is 0 Å². The van der Waals surface area contributed by atoms with Crippen molar-refractivity contribution in [2.45, 2.75) is 6.92 Å². The molecule has 1 fully saturated rings. The first-order chi connectivity index (χ1) is 9.84. The summed E-state index contributed by atoms with van der Waals surface area (Å²) in [6, 6.07) is 16.3. The lowest BCUT2D eigenvalue weighted by Gasteiger charge is -2.31. The van der Waals surface area contributed by atoms with Gasteiger partial charge in [0.25, 0.3) is 0 Å². The van der Waals surface area contributed by atoms with Crippen LogP contribution >= 0.6 is 0 Å². The summed E-state index contributed by atoms with van der Waals surface area (Å²) in [7, 11) is 0. The normalized spacial score (nSPS) is 15.2. The number of piperazine rings is 1. The maximum absolute atomic E-state index is 6.13. The summed E-state index contributed by atoms with van der Waals surface area (Å²) in [6.45, 7) is 6.20. The van der Waals surface area contributed by atoms with E-state index in [0.717, 1.165) is 37.7 Å². The summed E-state index contributed by atoms with van der Waals surface area (Å²) in [5.74, 6) is 1.86. The summed E-state index contributed by atoms with van der Waals surface area (Å²) in [6.07, 6.45) is 0. The van der Waals surface area contributed by atoms with Gasteiger partial charge in [-0.25, -0.2) is 0 Å². The summed E-state index contributed by atoms with van der Waals surface area (Å²) in [5.41, 5.74) is 2.36. The van der Waals surface area contributed by atoms with E-state index in [1.807, 2.05) is 30.3 Å². The Hall–Kier alpha value is -2.00. The number of rotatable bonds is 3. The van der Waals surface area contributed by atoms with Crippen LogP contribution in [-0.4, -0.2) is 26.2 Å². The van der Waals surface area contributed by atoms with E-state index in [0.29, 0.717) is 0 Å². The Morgan fingerprint density at radius 1 is 0.950 bits per heavy atom. The highest BCUT2D eigenvalue weighted by atomic mass is 16.5. The monoisotopic (exact) mass is 268 g/mol. The zero-order chi connectivity index (χ0) is 13.8. The molecule has 104 valence electrons. The van der Waals surface area contributed by atoms with Crippen LogP contribution in [0.4, 0.5) is 5.69 Å². The number of ether oxygens (including phenoxy) is 1. The largest absolute Gasteiger partial charge is 0.455 e. The van der Waals surface area contributed by atoms with Crippen molar-refractivity contribution in [1.29, 1.82) is 0 Å². The lowest BCUT2D eigenvalue weighted by atomic mass is 10.1. The first-order valence-corrected chi connectivity index (χ1v) is 7.13. The van der Waals surface area contributed by atoms with E-state index in [9.17, 15) is 0 Å². The average molecular weight is 268 g/mol. The van der Waals surface area contributed by atoms with Gasteiger partial charge in [-0.1, -0.05) is 30.3 Å². The number of anilines is 1. The van der Waals surface area contributed by atoms with Gasteiger partial charge in [0.05, 0.1) is 5.69 Å². The van der Waals surface area contributed by atoms with Crippen molar-refractivity contribution in [2.75, 3.05) is 31.1 Å². The van der Waals surface area contributed by atoms with Crippen LogP contribution in [0.15, 0.2) is 48.5 Å². The van der Waals surface area contributed by atoms with Gasteiger partial charge in [-0.15, -0.1) is 0 Å². The van der Waals surface area contributed by atoms with Crippen molar-refractivity contribution in [3.05, 3.63) is 54.1 Å². The van der Waals surface area contributed by atoms with Crippen molar-refractivity contribution in [3.8, 4) is 11.5 Å². The standard InChI is InChI=1S/C17H20N2O/c1-14-6-5-9-16(19-12-10-18-11-13-19)17(14)20-15-7-3-2-4-8-15/h2-9,18H,10-13H2,1H3. The molecule has 0 spiro atoms. The van der Waals surface area contributed by atoms with Crippen molar-refractivity contribution in [3.63, 3.8) is 0 Å². The molecule has 3 nitrogen and oxygen atoms in total. The molecular formula is C17H20N2O. The molecule has 0 bridgehead atoms. The van der Waals surface area contributed by atoms with Gasteiger partial charge in [0.1, 0.15) is 5.75 Å². The molecule has 2 aromatic carbocycles. The van der Waals surface area contributed by atoms with Gasteiger partial charge in [0.15, 0.2) is 5.75 Å². The van der Waals surface area contributed by atoms with Crippen molar-refractivity contribution >= 4 is 5.69 Å². The minimum absolute atomic E-state index is 0.887. The summed E-state index contributed by atoms with van der Waals surface area (Å²) >= 11 is 0. The Labute approximate surface area is 120 Å². The minimum atomic E-state index is 0.887. The predicted molar refractivity (Wildman–Crippen MR) is 82.8 cm³/mol. The van der Waals surface area contributed by atoms with Crippen LogP contribution in [0.25, 0.3) is 0 Å². The van der Waals surface area contributed by atoms with Crippen LogP contribution in [0.5, 0.6) is 11.5 Å². The van der Waals surface area contributed by atoms with Crippen molar-refractivity contribution in [2.24, 2.45) is 0 Å². The highest BCUT2D eigenvalue weighted by Crippen LogP contribution is 2.35.